The summed E-state index contributed by atoms with van der Waals surface area (Å²) in [6, 6.07) is 0. The Labute approximate surface area is 135 Å². The summed E-state index contributed by atoms with van der Waals surface area (Å²) < 4.78 is 178. The molecule has 0 amide bonds. The van der Waals surface area contributed by atoms with Gasteiger partial charge in [-0.1, -0.05) is 0 Å². The molecule has 0 heterocycles. The van der Waals surface area contributed by atoms with Gasteiger partial charge >= 0.3 is 24.6 Å². The lowest BCUT2D eigenvalue weighted by Crippen LogP contribution is -2.61. The summed E-state index contributed by atoms with van der Waals surface area (Å²) in [4.78, 5) is -1.70. The highest BCUT2D eigenvalue weighted by Gasteiger charge is 2.66. The normalized spacial score (nSPS) is 19.4. The van der Waals surface area contributed by atoms with Gasteiger partial charge in [0, 0.05) is 0 Å². The molecule has 3 unspecified atom stereocenters. The van der Waals surface area contributed by atoms with Gasteiger partial charge < -0.3 is 4.74 Å². The van der Waals surface area contributed by atoms with Gasteiger partial charge in [0.25, 0.3) is 11.8 Å². The summed E-state index contributed by atoms with van der Waals surface area (Å²) in [5.41, 5.74) is -5.56. The maximum Gasteiger partial charge on any atom is 0.462 e. The third-order valence-electron chi connectivity index (χ3n) is 2.85. The van der Waals surface area contributed by atoms with Gasteiger partial charge in [-0.25, -0.2) is 22.0 Å². The number of rotatable bonds is 7. The van der Waals surface area contributed by atoms with Gasteiger partial charge in [-0.05, 0) is 7.05 Å². The lowest BCUT2D eigenvalue weighted by atomic mass is 10.0. The molecule has 0 aliphatic heterocycles. The largest absolute Gasteiger partial charge is 0.462 e. The standard InChI is InChI=1S/C10H9F14NO/c1-25(10(22,23)24)5(12)6(13,9(19,20)21)2-26-3-7(14,15)4(11)8(16,17)18/h4-5H,2-3H2,1H3. The van der Waals surface area contributed by atoms with Crippen LogP contribution < -0.4 is 0 Å². The summed E-state index contributed by atoms with van der Waals surface area (Å²) in [7, 11) is -0.347. The van der Waals surface area contributed by atoms with E-state index in [0.29, 0.717) is 0 Å². The van der Waals surface area contributed by atoms with Gasteiger partial charge in [-0.2, -0.15) is 44.4 Å². The molecule has 0 saturated heterocycles. The van der Waals surface area contributed by atoms with Gasteiger partial charge in [0.15, 0.2) is 0 Å². The summed E-state index contributed by atoms with van der Waals surface area (Å²) in [6.45, 7) is -5.70. The van der Waals surface area contributed by atoms with Crippen LogP contribution >= 0.6 is 0 Å². The van der Waals surface area contributed by atoms with E-state index in [-0.39, 0.29) is 7.05 Å². The van der Waals surface area contributed by atoms with Crippen LogP contribution in [-0.4, -0.2) is 67.9 Å². The number of hydrogen-bond acceptors (Lipinski definition) is 2. The van der Waals surface area contributed by atoms with Crippen LogP contribution in [0.15, 0.2) is 0 Å². The van der Waals surface area contributed by atoms with E-state index in [1.54, 1.807) is 0 Å². The Bertz CT molecular complexity index is 456. The van der Waals surface area contributed by atoms with Crippen molar-refractivity contribution in [2.24, 2.45) is 0 Å². The maximum atomic E-state index is 13.8. The van der Waals surface area contributed by atoms with Crippen LogP contribution in [0.1, 0.15) is 0 Å². The van der Waals surface area contributed by atoms with Crippen molar-refractivity contribution in [3.63, 3.8) is 0 Å². The van der Waals surface area contributed by atoms with E-state index in [4.69, 9.17) is 0 Å². The minimum Gasteiger partial charge on any atom is -0.371 e. The second kappa shape index (κ2) is 7.52. The third kappa shape index (κ3) is 5.72. The maximum absolute atomic E-state index is 13.8. The summed E-state index contributed by atoms with van der Waals surface area (Å²) >= 11 is 0. The van der Waals surface area contributed by atoms with Crippen molar-refractivity contribution in [3.05, 3.63) is 0 Å². The van der Waals surface area contributed by atoms with Crippen LogP contribution in [0.25, 0.3) is 0 Å². The predicted molar refractivity (Wildman–Crippen MR) is 55.3 cm³/mol. The Morgan fingerprint density at radius 3 is 1.50 bits per heavy atom. The number of nitrogens with zero attached hydrogens (tertiary/aromatic N) is 1. The van der Waals surface area contributed by atoms with Gasteiger partial charge in [0.05, 0.1) is 6.61 Å². The summed E-state index contributed by atoms with van der Waals surface area (Å²) in [6.07, 6.45) is -27.9. The molecular formula is C10H9F14NO. The molecule has 0 bridgehead atoms. The zero-order valence-corrected chi connectivity index (χ0v) is 12.2. The Morgan fingerprint density at radius 2 is 1.19 bits per heavy atom. The number of hydrogen-bond donors (Lipinski definition) is 0. The molecule has 0 aromatic rings. The van der Waals surface area contributed by atoms with Crippen molar-refractivity contribution >= 4 is 0 Å². The summed E-state index contributed by atoms with van der Waals surface area (Å²) in [5, 5.41) is 0. The monoisotopic (exact) mass is 425 g/mol. The van der Waals surface area contributed by atoms with E-state index in [1.807, 2.05) is 0 Å². The molecule has 0 N–H and O–H groups in total. The highest BCUT2D eigenvalue weighted by Crippen LogP contribution is 2.42. The highest BCUT2D eigenvalue weighted by molar-refractivity contribution is 4.95. The van der Waals surface area contributed by atoms with Crippen LogP contribution in [-0.2, 0) is 4.74 Å². The number of halogens is 14. The molecule has 0 saturated carbocycles. The Kier molecular flexibility index (Phi) is 7.21. The fourth-order valence-corrected chi connectivity index (χ4v) is 1.37. The zero-order valence-electron chi connectivity index (χ0n) is 12.2. The fraction of sp³-hybridized carbons (Fsp3) is 1.00. The first-order valence-corrected chi connectivity index (χ1v) is 6.03. The molecule has 0 spiro atoms. The lowest BCUT2D eigenvalue weighted by molar-refractivity contribution is -0.332. The minimum atomic E-state index is -6.44. The molecule has 2 nitrogen and oxygen atoms in total. The molecule has 0 aliphatic rings. The van der Waals surface area contributed by atoms with Crippen molar-refractivity contribution in [1.82, 2.24) is 4.90 Å². The topological polar surface area (TPSA) is 12.5 Å². The average Bonchev–Trinajstić information content (AvgIpc) is 2.41. The van der Waals surface area contributed by atoms with E-state index in [9.17, 15) is 61.5 Å². The first-order valence-electron chi connectivity index (χ1n) is 6.03. The molecule has 0 aliphatic carbocycles. The Hall–Kier alpha value is -1.06. The van der Waals surface area contributed by atoms with Crippen molar-refractivity contribution in [2.45, 2.75) is 42.7 Å². The highest BCUT2D eigenvalue weighted by atomic mass is 19.4. The predicted octanol–water partition coefficient (Wildman–Crippen LogP) is 4.56. The van der Waals surface area contributed by atoms with E-state index in [2.05, 4.69) is 4.74 Å². The molecule has 0 fully saturated rings. The van der Waals surface area contributed by atoms with Gasteiger partial charge in [0.2, 0.25) is 6.30 Å². The molecule has 0 aromatic carbocycles. The van der Waals surface area contributed by atoms with E-state index >= 15 is 0 Å². The first-order chi connectivity index (χ1) is 11.2. The third-order valence-corrected chi connectivity index (χ3v) is 2.85. The van der Waals surface area contributed by atoms with Crippen LogP contribution in [0.4, 0.5) is 61.5 Å². The molecule has 0 radical (unpaired) electrons. The molecule has 16 heteroatoms. The Morgan fingerprint density at radius 1 is 0.769 bits per heavy atom. The fourth-order valence-electron chi connectivity index (χ4n) is 1.37. The average molecular weight is 425 g/mol. The number of ether oxygens (including phenoxy) is 1. The molecular weight excluding hydrogens is 416 g/mol. The van der Waals surface area contributed by atoms with E-state index < -0.39 is 60.8 Å². The summed E-state index contributed by atoms with van der Waals surface area (Å²) in [5.74, 6) is -5.51. The second-order valence-electron chi connectivity index (χ2n) is 4.93. The van der Waals surface area contributed by atoms with Crippen LogP contribution in [0, 0.1) is 0 Å². The molecule has 0 rings (SSSR count). The van der Waals surface area contributed by atoms with Crippen molar-refractivity contribution < 1.29 is 66.2 Å². The van der Waals surface area contributed by atoms with Crippen molar-refractivity contribution in [1.29, 1.82) is 0 Å². The Balaban J connectivity index is 5.34. The van der Waals surface area contributed by atoms with Crippen LogP contribution in [0.3, 0.4) is 0 Å². The van der Waals surface area contributed by atoms with E-state index in [0.717, 1.165) is 0 Å². The van der Waals surface area contributed by atoms with Gasteiger partial charge in [-0.3, -0.25) is 0 Å². The smallest absolute Gasteiger partial charge is 0.371 e. The van der Waals surface area contributed by atoms with E-state index in [1.165, 1.54) is 0 Å². The van der Waals surface area contributed by atoms with Crippen LogP contribution in [0.5, 0.6) is 0 Å². The molecule has 0 aromatic heterocycles. The van der Waals surface area contributed by atoms with Crippen molar-refractivity contribution in [3.8, 4) is 0 Å². The molecule has 3 atom stereocenters. The second-order valence-corrected chi connectivity index (χ2v) is 4.93. The van der Waals surface area contributed by atoms with Gasteiger partial charge in [0.1, 0.15) is 6.61 Å². The van der Waals surface area contributed by atoms with Crippen molar-refractivity contribution in [2.75, 3.05) is 20.3 Å². The lowest BCUT2D eigenvalue weighted by Gasteiger charge is -2.36. The first kappa shape index (κ1) is 24.9. The zero-order chi connectivity index (χ0) is 21.4. The van der Waals surface area contributed by atoms with Gasteiger partial charge in [-0.15, -0.1) is 0 Å². The minimum absolute atomic E-state index is 0.347. The quantitative estimate of drug-likeness (QED) is 0.438. The SMILES string of the molecule is CN(C(F)C(F)(COCC(F)(F)C(F)C(F)(F)F)C(F)(F)F)C(F)(F)F. The molecule has 26 heavy (non-hydrogen) atoms. The molecule has 158 valence electrons. The number of alkyl halides is 14. The van der Waals surface area contributed by atoms with Crippen LogP contribution in [0.2, 0.25) is 0 Å².